The quantitative estimate of drug-likeness (QED) is 0.759. The first-order valence-electron chi connectivity index (χ1n) is 8.77. The fraction of sp³-hybridized carbons (Fsp3) is 0.421. The van der Waals surface area contributed by atoms with Crippen molar-refractivity contribution in [3.05, 3.63) is 45.5 Å². The van der Waals surface area contributed by atoms with Gasteiger partial charge in [0, 0.05) is 30.5 Å². The van der Waals surface area contributed by atoms with Crippen molar-refractivity contribution in [3.8, 4) is 6.07 Å². The molecule has 3 rings (SSSR count). The van der Waals surface area contributed by atoms with E-state index in [0.717, 1.165) is 25.0 Å². The van der Waals surface area contributed by atoms with Gasteiger partial charge >= 0.3 is 0 Å². The zero-order valence-electron chi connectivity index (χ0n) is 14.7. The molecule has 0 unspecified atom stereocenters. The standard InChI is InChI=1S/C19H20ClN3O3S/c20-13-5-3-12(4-6-13)15-8-17(24)23-19(16(15)9-21)27-11-18(25)22-10-14-2-1-7-26-14/h3-6,14-15H,1-2,7-8,10-11H2,(H,22,25)(H,23,24)/t14-,15+/m0/s1. The van der Waals surface area contributed by atoms with Crippen molar-refractivity contribution in [3.63, 3.8) is 0 Å². The minimum Gasteiger partial charge on any atom is -0.376 e. The number of nitriles is 1. The Labute approximate surface area is 167 Å². The van der Waals surface area contributed by atoms with E-state index in [2.05, 4.69) is 16.7 Å². The van der Waals surface area contributed by atoms with Gasteiger partial charge in [-0.15, -0.1) is 0 Å². The maximum absolute atomic E-state index is 12.1. The van der Waals surface area contributed by atoms with E-state index >= 15 is 0 Å². The molecule has 0 aromatic heterocycles. The van der Waals surface area contributed by atoms with Gasteiger partial charge in [-0.3, -0.25) is 9.59 Å². The molecule has 1 saturated heterocycles. The number of carbonyl (C=O) groups is 2. The van der Waals surface area contributed by atoms with E-state index < -0.39 is 0 Å². The smallest absolute Gasteiger partial charge is 0.230 e. The average molecular weight is 406 g/mol. The van der Waals surface area contributed by atoms with Crippen LogP contribution in [0.3, 0.4) is 0 Å². The molecular weight excluding hydrogens is 386 g/mol. The minimum atomic E-state index is -0.335. The third-order valence-corrected chi connectivity index (χ3v) is 5.80. The highest BCUT2D eigenvalue weighted by molar-refractivity contribution is 8.03. The van der Waals surface area contributed by atoms with Gasteiger partial charge in [0.05, 0.1) is 28.5 Å². The number of hydrogen-bond donors (Lipinski definition) is 2. The molecule has 142 valence electrons. The second kappa shape index (κ2) is 9.27. The monoisotopic (exact) mass is 405 g/mol. The van der Waals surface area contributed by atoms with Crippen molar-refractivity contribution in [1.82, 2.24) is 10.6 Å². The van der Waals surface area contributed by atoms with Crippen LogP contribution in [0.15, 0.2) is 34.9 Å². The van der Waals surface area contributed by atoms with Gasteiger partial charge in [-0.1, -0.05) is 35.5 Å². The van der Waals surface area contributed by atoms with Crippen LogP contribution in [0.1, 0.15) is 30.7 Å². The van der Waals surface area contributed by atoms with Crippen LogP contribution < -0.4 is 10.6 Å². The Kier molecular flexibility index (Phi) is 6.78. The molecule has 1 aromatic rings. The van der Waals surface area contributed by atoms with E-state index in [1.54, 1.807) is 12.1 Å². The average Bonchev–Trinajstić information content (AvgIpc) is 3.18. The number of allylic oxidation sites excluding steroid dienone is 1. The van der Waals surface area contributed by atoms with Crippen molar-refractivity contribution in [2.24, 2.45) is 0 Å². The molecule has 2 atom stereocenters. The molecule has 0 spiro atoms. The van der Waals surface area contributed by atoms with Gasteiger partial charge in [-0.2, -0.15) is 5.26 Å². The number of thioether (sulfide) groups is 1. The van der Waals surface area contributed by atoms with Gasteiger partial charge in [0.15, 0.2) is 0 Å². The lowest BCUT2D eigenvalue weighted by molar-refractivity contribution is -0.121. The molecule has 2 aliphatic rings. The predicted octanol–water partition coefficient (Wildman–Crippen LogP) is 2.71. The normalized spacial score (nSPS) is 22.3. The third kappa shape index (κ3) is 5.25. The van der Waals surface area contributed by atoms with Crippen LogP contribution in [-0.2, 0) is 14.3 Å². The number of hydrogen-bond acceptors (Lipinski definition) is 5. The number of rotatable bonds is 6. The Bertz CT molecular complexity index is 782. The highest BCUT2D eigenvalue weighted by Gasteiger charge is 2.30. The summed E-state index contributed by atoms with van der Waals surface area (Å²) in [4.78, 5) is 24.2. The number of nitrogens with zero attached hydrogens (tertiary/aromatic N) is 1. The Morgan fingerprint density at radius 3 is 2.85 bits per heavy atom. The van der Waals surface area contributed by atoms with Gasteiger partial charge in [0.1, 0.15) is 0 Å². The molecule has 0 saturated carbocycles. The summed E-state index contributed by atoms with van der Waals surface area (Å²) in [6.07, 6.45) is 2.25. The molecule has 8 heteroatoms. The molecule has 2 N–H and O–H groups in total. The van der Waals surface area contributed by atoms with E-state index in [0.29, 0.717) is 22.2 Å². The fourth-order valence-electron chi connectivity index (χ4n) is 3.13. The molecule has 2 heterocycles. The van der Waals surface area contributed by atoms with E-state index in [9.17, 15) is 14.9 Å². The summed E-state index contributed by atoms with van der Waals surface area (Å²) in [5.74, 6) is -0.529. The lowest BCUT2D eigenvalue weighted by atomic mass is 9.87. The van der Waals surface area contributed by atoms with Crippen LogP contribution >= 0.6 is 23.4 Å². The predicted molar refractivity (Wildman–Crippen MR) is 104 cm³/mol. The SMILES string of the molecule is N#CC1=C(SCC(=O)NC[C@@H]2CCCO2)NC(=O)C[C@@H]1c1ccc(Cl)cc1. The zero-order valence-corrected chi connectivity index (χ0v) is 16.2. The molecule has 2 aliphatic heterocycles. The maximum Gasteiger partial charge on any atom is 0.230 e. The lowest BCUT2D eigenvalue weighted by Crippen LogP contribution is -2.34. The van der Waals surface area contributed by atoms with Crippen molar-refractivity contribution >= 4 is 35.2 Å². The molecule has 1 aromatic carbocycles. The summed E-state index contributed by atoms with van der Waals surface area (Å²) >= 11 is 7.10. The molecule has 6 nitrogen and oxygen atoms in total. The summed E-state index contributed by atoms with van der Waals surface area (Å²) in [5.41, 5.74) is 1.32. The number of nitrogens with one attached hydrogen (secondary N) is 2. The number of amides is 2. The number of benzene rings is 1. The van der Waals surface area contributed by atoms with Gasteiger partial charge in [0.25, 0.3) is 0 Å². The van der Waals surface area contributed by atoms with Crippen LogP contribution in [0.25, 0.3) is 0 Å². The first-order valence-corrected chi connectivity index (χ1v) is 10.1. The Balaban J connectivity index is 1.65. The maximum atomic E-state index is 12.1. The second-order valence-electron chi connectivity index (χ2n) is 6.44. The fourth-order valence-corrected chi connectivity index (χ4v) is 4.17. The highest BCUT2D eigenvalue weighted by Crippen LogP contribution is 2.36. The van der Waals surface area contributed by atoms with Crippen molar-refractivity contribution in [1.29, 1.82) is 5.26 Å². The van der Waals surface area contributed by atoms with Crippen LogP contribution in [0.2, 0.25) is 5.02 Å². The first kappa shape index (κ1) is 19.7. The van der Waals surface area contributed by atoms with Crippen molar-refractivity contribution in [2.75, 3.05) is 18.9 Å². The number of ether oxygens (including phenoxy) is 1. The summed E-state index contributed by atoms with van der Waals surface area (Å²) < 4.78 is 5.48. The molecule has 0 bridgehead atoms. The summed E-state index contributed by atoms with van der Waals surface area (Å²) in [6.45, 7) is 1.23. The zero-order chi connectivity index (χ0) is 19.2. The summed E-state index contributed by atoms with van der Waals surface area (Å²) in [6, 6.07) is 9.32. The Morgan fingerprint density at radius 1 is 1.41 bits per heavy atom. The van der Waals surface area contributed by atoms with E-state index in [4.69, 9.17) is 16.3 Å². The topological polar surface area (TPSA) is 91.2 Å². The minimum absolute atomic E-state index is 0.0801. The Morgan fingerprint density at radius 2 is 2.19 bits per heavy atom. The molecule has 0 radical (unpaired) electrons. The third-order valence-electron chi connectivity index (χ3n) is 4.53. The largest absolute Gasteiger partial charge is 0.376 e. The number of carbonyl (C=O) groups excluding carboxylic acids is 2. The molecular formula is C19H20ClN3O3S. The highest BCUT2D eigenvalue weighted by atomic mass is 35.5. The van der Waals surface area contributed by atoms with Crippen molar-refractivity contribution < 1.29 is 14.3 Å². The molecule has 2 amide bonds. The lowest BCUT2D eigenvalue weighted by Gasteiger charge is -2.25. The van der Waals surface area contributed by atoms with Crippen LogP contribution in [-0.4, -0.2) is 36.8 Å². The van der Waals surface area contributed by atoms with Gasteiger partial charge < -0.3 is 15.4 Å². The van der Waals surface area contributed by atoms with Crippen LogP contribution in [0, 0.1) is 11.3 Å². The molecule has 0 aliphatic carbocycles. The van der Waals surface area contributed by atoms with E-state index in [1.807, 2.05) is 12.1 Å². The van der Waals surface area contributed by atoms with Crippen molar-refractivity contribution in [2.45, 2.75) is 31.3 Å². The molecule has 27 heavy (non-hydrogen) atoms. The van der Waals surface area contributed by atoms with E-state index in [1.165, 1.54) is 11.8 Å². The molecule has 1 fully saturated rings. The van der Waals surface area contributed by atoms with Gasteiger partial charge in [-0.25, -0.2) is 0 Å². The van der Waals surface area contributed by atoms with E-state index in [-0.39, 0.29) is 36.0 Å². The summed E-state index contributed by atoms with van der Waals surface area (Å²) in [7, 11) is 0. The van der Waals surface area contributed by atoms with Crippen LogP contribution in [0.4, 0.5) is 0 Å². The first-order chi connectivity index (χ1) is 13.1. The second-order valence-corrected chi connectivity index (χ2v) is 7.86. The van der Waals surface area contributed by atoms with Gasteiger partial charge in [-0.05, 0) is 30.5 Å². The summed E-state index contributed by atoms with van der Waals surface area (Å²) in [5, 5.41) is 16.2. The van der Waals surface area contributed by atoms with Crippen LogP contribution in [0.5, 0.6) is 0 Å². The number of halogens is 1. The Hall–Kier alpha value is -2.01. The van der Waals surface area contributed by atoms with Gasteiger partial charge in [0.2, 0.25) is 11.8 Å².